The highest BCUT2D eigenvalue weighted by molar-refractivity contribution is 5.29. The zero-order valence-corrected chi connectivity index (χ0v) is 10.0. The van der Waals surface area contributed by atoms with Gasteiger partial charge in [-0.25, -0.2) is 0 Å². The average molecular weight is 207 g/mol. The summed E-state index contributed by atoms with van der Waals surface area (Å²) in [5, 5.41) is 0. The van der Waals surface area contributed by atoms with Crippen LogP contribution in [0.1, 0.15) is 32.3 Å². The van der Waals surface area contributed by atoms with Crippen LogP contribution in [0.25, 0.3) is 0 Å². The topological polar surface area (TPSA) is 35.2 Å². The molecule has 84 valence electrons. The number of rotatable bonds is 4. The Labute approximate surface area is 92.4 Å². The molecule has 0 fully saturated rings. The Bertz CT molecular complexity index is 292. The van der Waals surface area contributed by atoms with E-state index in [1.54, 1.807) is 7.11 Å². The molecule has 0 heterocycles. The van der Waals surface area contributed by atoms with Gasteiger partial charge in [0.2, 0.25) is 0 Å². The first-order valence-electron chi connectivity index (χ1n) is 5.45. The summed E-state index contributed by atoms with van der Waals surface area (Å²) < 4.78 is 5.13. The first-order valence-corrected chi connectivity index (χ1v) is 5.45. The minimum atomic E-state index is 0.207. The van der Waals surface area contributed by atoms with Gasteiger partial charge in [0, 0.05) is 6.04 Å². The van der Waals surface area contributed by atoms with Gasteiger partial charge in [-0.2, -0.15) is 0 Å². The van der Waals surface area contributed by atoms with E-state index in [-0.39, 0.29) is 6.04 Å². The summed E-state index contributed by atoms with van der Waals surface area (Å²) in [5.41, 5.74) is 7.41. The van der Waals surface area contributed by atoms with Crippen LogP contribution < -0.4 is 10.5 Å². The molecule has 0 amide bonds. The van der Waals surface area contributed by atoms with E-state index in [9.17, 15) is 0 Å². The molecule has 1 aromatic carbocycles. The van der Waals surface area contributed by atoms with E-state index >= 15 is 0 Å². The Morgan fingerprint density at radius 3 is 2.00 bits per heavy atom. The monoisotopic (exact) mass is 207 g/mol. The zero-order chi connectivity index (χ0) is 11.4. The van der Waals surface area contributed by atoms with Gasteiger partial charge < -0.3 is 10.5 Å². The van der Waals surface area contributed by atoms with Crippen LogP contribution in [0.3, 0.4) is 0 Å². The lowest BCUT2D eigenvalue weighted by Gasteiger charge is -2.23. The lowest BCUT2D eigenvalue weighted by molar-refractivity contribution is 0.413. The van der Waals surface area contributed by atoms with Crippen LogP contribution in [0.5, 0.6) is 5.75 Å². The van der Waals surface area contributed by atoms with E-state index in [0.717, 1.165) is 5.75 Å². The van der Waals surface area contributed by atoms with Crippen molar-refractivity contribution in [1.82, 2.24) is 0 Å². The van der Waals surface area contributed by atoms with Gasteiger partial charge in [0.25, 0.3) is 0 Å². The van der Waals surface area contributed by atoms with Gasteiger partial charge in [0.1, 0.15) is 5.75 Å². The molecule has 15 heavy (non-hydrogen) atoms. The van der Waals surface area contributed by atoms with Crippen molar-refractivity contribution < 1.29 is 4.74 Å². The van der Waals surface area contributed by atoms with Gasteiger partial charge >= 0.3 is 0 Å². The molecule has 2 N–H and O–H groups in total. The maximum atomic E-state index is 6.13. The summed E-state index contributed by atoms with van der Waals surface area (Å²) in [4.78, 5) is 0. The van der Waals surface area contributed by atoms with E-state index in [1.165, 1.54) is 5.56 Å². The fourth-order valence-corrected chi connectivity index (χ4v) is 1.71. The molecule has 0 radical (unpaired) electrons. The second-order valence-corrected chi connectivity index (χ2v) is 4.38. The van der Waals surface area contributed by atoms with Crippen molar-refractivity contribution >= 4 is 0 Å². The van der Waals surface area contributed by atoms with Crippen molar-refractivity contribution in [2.75, 3.05) is 7.11 Å². The van der Waals surface area contributed by atoms with Crippen molar-refractivity contribution in [2.24, 2.45) is 11.7 Å². The summed E-state index contributed by atoms with van der Waals surface area (Å²) in [7, 11) is 1.68. The van der Waals surface area contributed by atoms with Gasteiger partial charge in [0.15, 0.2) is 0 Å². The first kappa shape index (κ1) is 12.1. The molecule has 1 rings (SSSR count). The molecule has 2 unspecified atom stereocenters. The molecule has 0 saturated carbocycles. The van der Waals surface area contributed by atoms with Crippen LogP contribution in [0.15, 0.2) is 24.3 Å². The van der Waals surface area contributed by atoms with Crippen molar-refractivity contribution in [3.05, 3.63) is 29.8 Å². The predicted molar refractivity (Wildman–Crippen MR) is 64.2 cm³/mol. The molecule has 1 aromatic rings. The molecule has 0 spiro atoms. The average Bonchev–Trinajstić information content (AvgIpc) is 2.27. The Hall–Kier alpha value is -1.02. The minimum Gasteiger partial charge on any atom is -0.497 e. The predicted octanol–water partition coefficient (Wildman–Crippen LogP) is 2.78. The molecule has 0 saturated heterocycles. The van der Waals surface area contributed by atoms with E-state index in [0.29, 0.717) is 11.8 Å². The summed E-state index contributed by atoms with van der Waals surface area (Å²) in [6.45, 7) is 6.49. The SMILES string of the molecule is COc1ccc(C(C)C(N)C(C)C)cc1. The first-order chi connectivity index (χ1) is 7.06. The van der Waals surface area contributed by atoms with Gasteiger partial charge in [-0.3, -0.25) is 0 Å². The summed E-state index contributed by atoms with van der Waals surface area (Å²) in [5.74, 6) is 1.78. The maximum absolute atomic E-state index is 6.13. The number of hydrogen-bond donors (Lipinski definition) is 1. The lowest BCUT2D eigenvalue weighted by Crippen LogP contribution is -2.32. The van der Waals surface area contributed by atoms with Crippen molar-refractivity contribution in [3.63, 3.8) is 0 Å². The normalized spacial score (nSPS) is 15.1. The van der Waals surface area contributed by atoms with Gasteiger partial charge in [-0.15, -0.1) is 0 Å². The summed E-state index contributed by atoms with van der Waals surface area (Å²) >= 11 is 0. The van der Waals surface area contributed by atoms with Crippen molar-refractivity contribution in [1.29, 1.82) is 0 Å². The number of benzene rings is 1. The molecule has 0 aliphatic rings. The van der Waals surface area contributed by atoms with Crippen molar-refractivity contribution in [2.45, 2.75) is 32.7 Å². The third-order valence-electron chi connectivity index (χ3n) is 2.99. The highest BCUT2D eigenvalue weighted by Crippen LogP contribution is 2.24. The van der Waals surface area contributed by atoms with Crippen molar-refractivity contribution in [3.8, 4) is 5.75 Å². The van der Waals surface area contributed by atoms with Crippen LogP contribution in [0, 0.1) is 5.92 Å². The number of hydrogen-bond acceptors (Lipinski definition) is 2. The van der Waals surface area contributed by atoms with E-state index < -0.39 is 0 Å². The van der Waals surface area contributed by atoms with Crippen LogP contribution in [-0.2, 0) is 0 Å². The van der Waals surface area contributed by atoms with Crippen LogP contribution >= 0.6 is 0 Å². The lowest BCUT2D eigenvalue weighted by atomic mass is 9.87. The molecule has 2 heteroatoms. The molecule has 0 bridgehead atoms. The standard InChI is InChI=1S/C13H21NO/c1-9(2)13(14)10(3)11-5-7-12(15-4)8-6-11/h5-10,13H,14H2,1-4H3. The fraction of sp³-hybridized carbons (Fsp3) is 0.538. The molecule has 2 nitrogen and oxygen atoms in total. The maximum Gasteiger partial charge on any atom is 0.118 e. The number of methoxy groups -OCH3 is 1. The molecular formula is C13H21NO. The molecule has 2 atom stereocenters. The highest BCUT2D eigenvalue weighted by Gasteiger charge is 2.17. The van der Waals surface area contributed by atoms with Gasteiger partial charge in [-0.05, 0) is 29.5 Å². The molecule has 0 aromatic heterocycles. The Balaban J connectivity index is 2.78. The molecule has 0 aliphatic carbocycles. The Morgan fingerprint density at radius 1 is 1.07 bits per heavy atom. The zero-order valence-electron chi connectivity index (χ0n) is 10.0. The fourth-order valence-electron chi connectivity index (χ4n) is 1.71. The molecular weight excluding hydrogens is 186 g/mol. The van der Waals surface area contributed by atoms with E-state index in [1.807, 2.05) is 12.1 Å². The summed E-state index contributed by atoms with van der Waals surface area (Å²) in [6, 6.07) is 8.35. The highest BCUT2D eigenvalue weighted by atomic mass is 16.5. The van der Waals surface area contributed by atoms with Gasteiger partial charge in [0.05, 0.1) is 7.11 Å². The third kappa shape index (κ3) is 2.96. The Kier molecular flexibility index (Phi) is 4.15. The minimum absolute atomic E-state index is 0.207. The second kappa shape index (κ2) is 5.17. The second-order valence-electron chi connectivity index (χ2n) is 4.38. The Morgan fingerprint density at radius 2 is 1.60 bits per heavy atom. The quantitative estimate of drug-likeness (QED) is 0.824. The number of nitrogens with two attached hydrogens (primary N) is 1. The largest absolute Gasteiger partial charge is 0.497 e. The van der Waals surface area contributed by atoms with E-state index in [2.05, 4.69) is 32.9 Å². The van der Waals surface area contributed by atoms with Gasteiger partial charge in [-0.1, -0.05) is 32.9 Å². The third-order valence-corrected chi connectivity index (χ3v) is 2.99. The van der Waals surface area contributed by atoms with E-state index in [4.69, 9.17) is 10.5 Å². The van der Waals surface area contributed by atoms with Crippen LogP contribution in [0.2, 0.25) is 0 Å². The van der Waals surface area contributed by atoms with Crippen LogP contribution in [0.4, 0.5) is 0 Å². The number of ether oxygens (including phenoxy) is 1. The molecule has 0 aliphatic heterocycles. The smallest absolute Gasteiger partial charge is 0.118 e. The summed E-state index contributed by atoms with van der Waals surface area (Å²) in [6.07, 6.45) is 0. The van der Waals surface area contributed by atoms with Crippen LogP contribution in [-0.4, -0.2) is 13.2 Å².